The van der Waals surface area contributed by atoms with Gasteiger partial charge in [0.15, 0.2) is 5.82 Å². The summed E-state index contributed by atoms with van der Waals surface area (Å²) in [6.07, 6.45) is 3.59. The number of nitrogens with one attached hydrogen (secondary N) is 2. The van der Waals surface area contributed by atoms with Crippen LogP contribution < -0.4 is 5.32 Å². The topological polar surface area (TPSA) is 81.3 Å². The molecular formula is C17H29N5O2. The van der Waals surface area contributed by atoms with Crippen molar-refractivity contribution in [3.8, 4) is 0 Å². The van der Waals surface area contributed by atoms with E-state index in [1.54, 1.807) is 23.9 Å². The highest BCUT2D eigenvalue weighted by Gasteiger charge is 2.28. The van der Waals surface area contributed by atoms with E-state index in [0.717, 1.165) is 18.5 Å². The van der Waals surface area contributed by atoms with Crippen LogP contribution in [0.2, 0.25) is 0 Å². The molecular weight excluding hydrogens is 306 g/mol. The molecule has 0 unspecified atom stereocenters. The van der Waals surface area contributed by atoms with Gasteiger partial charge >= 0.3 is 6.03 Å². The summed E-state index contributed by atoms with van der Waals surface area (Å²) in [7, 11) is 3.49. The van der Waals surface area contributed by atoms with E-state index in [0.29, 0.717) is 37.7 Å². The lowest BCUT2D eigenvalue weighted by Crippen LogP contribution is -2.45. The van der Waals surface area contributed by atoms with Gasteiger partial charge in [0.25, 0.3) is 0 Å². The van der Waals surface area contributed by atoms with E-state index in [2.05, 4.69) is 29.4 Å². The summed E-state index contributed by atoms with van der Waals surface area (Å²) in [5, 5.41) is 10.1. The number of nitrogens with zero attached hydrogens (tertiary/aromatic N) is 3. The minimum atomic E-state index is -0.0653. The molecule has 1 fully saturated rings. The fraction of sp³-hybridized carbons (Fsp3) is 0.706. The number of aromatic nitrogens is 2. The Balaban J connectivity index is 1.85. The van der Waals surface area contributed by atoms with Crippen molar-refractivity contribution in [2.45, 2.75) is 45.4 Å². The first-order chi connectivity index (χ1) is 11.4. The van der Waals surface area contributed by atoms with Crippen LogP contribution in [0.1, 0.15) is 51.1 Å². The van der Waals surface area contributed by atoms with Crippen molar-refractivity contribution in [2.75, 3.05) is 32.5 Å². The third-order valence-electron chi connectivity index (χ3n) is 4.62. The van der Waals surface area contributed by atoms with E-state index in [1.165, 1.54) is 0 Å². The molecule has 2 N–H and O–H groups in total. The van der Waals surface area contributed by atoms with Crippen LogP contribution in [0.5, 0.6) is 0 Å². The zero-order valence-corrected chi connectivity index (χ0v) is 15.1. The number of amides is 3. The van der Waals surface area contributed by atoms with Crippen molar-refractivity contribution in [2.24, 2.45) is 5.92 Å². The maximum atomic E-state index is 12.4. The third kappa shape index (κ3) is 4.49. The standard InChI is InChI=1S/C17H29N5O2/c1-5-6-12(2)14-11-15(20-19-14)18-16(23)13-7-9-22(10-8-13)17(24)21(3)4/h11-13H,5-10H2,1-4H3,(H2,18,19,20,23)/t12-/m1/s1. The van der Waals surface area contributed by atoms with E-state index in [9.17, 15) is 9.59 Å². The average Bonchev–Trinajstić information content (AvgIpc) is 3.03. The molecule has 3 amide bonds. The van der Waals surface area contributed by atoms with Crippen LogP contribution in [0.25, 0.3) is 0 Å². The van der Waals surface area contributed by atoms with Crippen molar-refractivity contribution in [3.05, 3.63) is 11.8 Å². The number of hydrogen-bond acceptors (Lipinski definition) is 3. The summed E-state index contributed by atoms with van der Waals surface area (Å²) in [6, 6.07) is 1.93. The summed E-state index contributed by atoms with van der Waals surface area (Å²) >= 11 is 0. The van der Waals surface area contributed by atoms with Gasteiger partial charge in [0.1, 0.15) is 0 Å². The molecule has 1 aliphatic rings. The van der Waals surface area contributed by atoms with E-state index >= 15 is 0 Å². The molecule has 1 aromatic rings. The summed E-state index contributed by atoms with van der Waals surface area (Å²) in [5.41, 5.74) is 1.05. The van der Waals surface area contributed by atoms with E-state index in [4.69, 9.17) is 0 Å². The fourth-order valence-electron chi connectivity index (χ4n) is 3.09. The molecule has 0 aromatic carbocycles. The van der Waals surface area contributed by atoms with Crippen molar-refractivity contribution in [1.82, 2.24) is 20.0 Å². The van der Waals surface area contributed by atoms with Gasteiger partial charge in [0.05, 0.1) is 0 Å². The van der Waals surface area contributed by atoms with E-state index in [-0.39, 0.29) is 17.9 Å². The second-order valence-electron chi connectivity index (χ2n) is 6.83. The number of H-pyrrole nitrogens is 1. The Hall–Kier alpha value is -2.05. The van der Waals surface area contributed by atoms with Crippen LogP contribution in [-0.4, -0.2) is 59.1 Å². The average molecular weight is 335 g/mol. The number of likely N-dealkylation sites (tertiary alicyclic amines) is 1. The monoisotopic (exact) mass is 335 g/mol. The lowest BCUT2D eigenvalue weighted by Gasteiger charge is -2.32. The van der Waals surface area contributed by atoms with Crippen molar-refractivity contribution in [3.63, 3.8) is 0 Å². The first kappa shape index (κ1) is 18.3. The second kappa shape index (κ2) is 8.17. The molecule has 0 saturated carbocycles. The van der Waals surface area contributed by atoms with Gasteiger partial charge in [-0.25, -0.2) is 4.79 Å². The molecule has 24 heavy (non-hydrogen) atoms. The summed E-state index contributed by atoms with van der Waals surface area (Å²) in [4.78, 5) is 27.7. The lowest BCUT2D eigenvalue weighted by molar-refractivity contribution is -0.121. The lowest BCUT2D eigenvalue weighted by atomic mass is 9.96. The van der Waals surface area contributed by atoms with Crippen LogP contribution in [0.15, 0.2) is 6.07 Å². The Morgan fingerprint density at radius 2 is 2.08 bits per heavy atom. The van der Waals surface area contributed by atoms with Crippen molar-refractivity contribution < 1.29 is 9.59 Å². The van der Waals surface area contributed by atoms with Gasteiger partial charge < -0.3 is 15.1 Å². The van der Waals surface area contributed by atoms with Crippen LogP contribution in [0.4, 0.5) is 10.6 Å². The minimum Gasteiger partial charge on any atom is -0.331 e. The first-order valence-electron chi connectivity index (χ1n) is 8.74. The number of aromatic amines is 1. The van der Waals surface area contributed by atoms with E-state index < -0.39 is 0 Å². The third-order valence-corrected chi connectivity index (χ3v) is 4.62. The molecule has 1 saturated heterocycles. The maximum absolute atomic E-state index is 12.4. The molecule has 134 valence electrons. The number of hydrogen-bond donors (Lipinski definition) is 2. The molecule has 7 nitrogen and oxygen atoms in total. The van der Waals surface area contributed by atoms with Gasteiger partial charge in [-0.15, -0.1) is 0 Å². The smallest absolute Gasteiger partial charge is 0.319 e. The minimum absolute atomic E-state index is 0.00635. The molecule has 2 rings (SSSR count). The van der Waals surface area contributed by atoms with Crippen LogP contribution in [-0.2, 0) is 4.79 Å². The van der Waals surface area contributed by atoms with Gasteiger partial charge in [0, 0.05) is 44.9 Å². The molecule has 0 aliphatic carbocycles. The van der Waals surface area contributed by atoms with Crippen molar-refractivity contribution in [1.29, 1.82) is 0 Å². The molecule has 0 spiro atoms. The van der Waals surface area contributed by atoms with Gasteiger partial charge in [-0.1, -0.05) is 20.3 Å². The number of urea groups is 1. The number of piperidine rings is 1. The zero-order valence-electron chi connectivity index (χ0n) is 15.1. The van der Waals surface area contributed by atoms with Gasteiger partial charge in [-0.3, -0.25) is 9.89 Å². The first-order valence-corrected chi connectivity index (χ1v) is 8.74. The molecule has 1 atom stereocenters. The Labute approximate surface area is 143 Å². The summed E-state index contributed by atoms with van der Waals surface area (Å²) in [6.45, 7) is 5.55. The Kier molecular flexibility index (Phi) is 6.23. The highest BCUT2D eigenvalue weighted by atomic mass is 16.2. The zero-order chi connectivity index (χ0) is 17.7. The summed E-state index contributed by atoms with van der Waals surface area (Å²) in [5.74, 6) is 0.927. The number of rotatable bonds is 5. The Morgan fingerprint density at radius 1 is 1.42 bits per heavy atom. The van der Waals surface area contributed by atoms with Crippen molar-refractivity contribution >= 4 is 17.8 Å². The number of carbonyl (C=O) groups is 2. The SMILES string of the molecule is CCC[C@@H](C)c1cc(NC(=O)C2CCN(C(=O)N(C)C)CC2)n[nH]1. The van der Waals surface area contributed by atoms with Crippen LogP contribution in [0, 0.1) is 5.92 Å². The predicted octanol–water partition coefficient (Wildman–Crippen LogP) is 2.65. The van der Waals surface area contributed by atoms with Crippen LogP contribution in [0.3, 0.4) is 0 Å². The number of carbonyl (C=O) groups excluding carboxylic acids is 2. The fourth-order valence-corrected chi connectivity index (χ4v) is 3.09. The second-order valence-corrected chi connectivity index (χ2v) is 6.83. The van der Waals surface area contributed by atoms with Gasteiger partial charge in [-0.05, 0) is 25.2 Å². The quantitative estimate of drug-likeness (QED) is 0.868. The van der Waals surface area contributed by atoms with Gasteiger partial charge in [0.2, 0.25) is 5.91 Å². The summed E-state index contributed by atoms with van der Waals surface area (Å²) < 4.78 is 0. The molecule has 0 radical (unpaired) electrons. The Morgan fingerprint density at radius 3 is 2.67 bits per heavy atom. The predicted molar refractivity (Wildman–Crippen MR) is 93.9 cm³/mol. The number of anilines is 1. The molecule has 7 heteroatoms. The highest BCUT2D eigenvalue weighted by Crippen LogP contribution is 2.23. The molecule has 1 aliphatic heterocycles. The largest absolute Gasteiger partial charge is 0.331 e. The molecule has 0 bridgehead atoms. The maximum Gasteiger partial charge on any atom is 0.319 e. The normalized spacial score (nSPS) is 16.8. The van der Waals surface area contributed by atoms with E-state index in [1.807, 2.05) is 6.07 Å². The van der Waals surface area contributed by atoms with Gasteiger partial charge in [-0.2, -0.15) is 5.10 Å². The molecule has 1 aromatic heterocycles. The highest BCUT2D eigenvalue weighted by molar-refractivity contribution is 5.91. The van der Waals surface area contributed by atoms with Crippen LogP contribution >= 0.6 is 0 Å². The molecule has 2 heterocycles. The Bertz CT molecular complexity index is 561.